The molecule has 3 aromatic rings. The van der Waals surface area contributed by atoms with E-state index in [0.29, 0.717) is 27.2 Å². The number of aliphatic imine (C=N–C) groups is 1. The monoisotopic (exact) mass is 762 g/mol. The minimum atomic E-state index is -5.38. The molecule has 2 fully saturated rings. The molecule has 1 saturated heterocycles. The number of carbonyl (C=O) groups is 3. The standard InChI is InChI=1S/C35H36ClF5N8O4/c1-33(2,3)18-34(22-7-4-19(5-8-22)21-15-44-48(16-21)30(37)38)29(51)49(31(47-34)46-28(50)35(39,40)41)26(17-53-32(52)45-23-9-10-23)20-6-11-25(36)24(14-20)27-42-12-13-43-27/h4-7,11-16,22-23,26,30H,8-10,17-18H2,1-3H3,(H,42,43)(H,45,52)(H,46,47,50)/t22?,26-,34-/m1/s1. The average Bonchev–Trinajstić information content (AvgIpc) is 3.44. The Hall–Kier alpha value is -5.06. The van der Waals surface area contributed by atoms with Gasteiger partial charge in [0.15, 0.2) is 0 Å². The zero-order valence-corrected chi connectivity index (χ0v) is 29.5. The van der Waals surface area contributed by atoms with Crippen LogP contribution in [0.25, 0.3) is 17.0 Å². The van der Waals surface area contributed by atoms with E-state index in [2.05, 4.69) is 30.7 Å². The summed E-state index contributed by atoms with van der Waals surface area (Å²) in [5.41, 5.74) is -0.702. The Labute approximate surface area is 305 Å². The SMILES string of the molecule is CC(C)(C)C[C@]1(C2C=CC(c3cnn(C(F)F)c3)=CC2)N/C(=N\C(=O)C(F)(F)F)N([C@H](COC(=O)NC2CC2)c2ccc(Cl)c(-c3ncc[nH]3)c2)C1=O. The number of alkyl halides is 5. The van der Waals surface area contributed by atoms with Crippen LogP contribution in [0.1, 0.15) is 70.2 Å². The van der Waals surface area contributed by atoms with Crippen molar-refractivity contribution in [3.63, 3.8) is 0 Å². The number of imidazole rings is 1. The quantitative estimate of drug-likeness (QED) is 0.189. The van der Waals surface area contributed by atoms with Crippen LogP contribution in [-0.4, -0.2) is 72.9 Å². The molecule has 18 heteroatoms. The summed E-state index contributed by atoms with van der Waals surface area (Å²) in [7, 11) is 0. The summed E-state index contributed by atoms with van der Waals surface area (Å²) in [5, 5.41) is 9.57. The van der Waals surface area contributed by atoms with Crippen LogP contribution in [0.3, 0.4) is 0 Å². The van der Waals surface area contributed by atoms with Crippen molar-refractivity contribution in [3.8, 4) is 11.4 Å². The average molecular weight is 763 g/mol. The summed E-state index contributed by atoms with van der Waals surface area (Å²) in [5.74, 6) is -4.26. The van der Waals surface area contributed by atoms with Crippen LogP contribution < -0.4 is 10.6 Å². The van der Waals surface area contributed by atoms with Gasteiger partial charge in [-0.25, -0.2) is 14.5 Å². The van der Waals surface area contributed by atoms with Crippen LogP contribution in [0.2, 0.25) is 5.02 Å². The lowest BCUT2D eigenvalue weighted by molar-refractivity contribution is -0.169. The molecule has 3 N–H and O–H groups in total. The third-order valence-corrected chi connectivity index (χ3v) is 9.33. The summed E-state index contributed by atoms with van der Waals surface area (Å²) < 4.78 is 73.9. The highest BCUT2D eigenvalue weighted by atomic mass is 35.5. The molecule has 0 spiro atoms. The van der Waals surface area contributed by atoms with E-state index in [1.165, 1.54) is 30.7 Å². The molecule has 1 aliphatic heterocycles. The van der Waals surface area contributed by atoms with Gasteiger partial charge in [0.25, 0.3) is 5.91 Å². The normalized spacial score (nSPS) is 21.9. The van der Waals surface area contributed by atoms with Gasteiger partial charge in [-0.3, -0.25) is 14.5 Å². The Morgan fingerprint density at radius 3 is 2.55 bits per heavy atom. The van der Waals surface area contributed by atoms with E-state index >= 15 is 4.79 Å². The molecule has 3 heterocycles. The lowest BCUT2D eigenvalue weighted by Gasteiger charge is -2.39. The number of amides is 3. The fourth-order valence-corrected chi connectivity index (χ4v) is 6.75. The van der Waals surface area contributed by atoms with E-state index in [9.17, 15) is 31.5 Å². The van der Waals surface area contributed by atoms with Crippen LogP contribution in [0.5, 0.6) is 0 Å². The van der Waals surface area contributed by atoms with Gasteiger partial charge in [-0.05, 0) is 54.4 Å². The summed E-state index contributed by atoms with van der Waals surface area (Å²) in [4.78, 5) is 52.0. The number of allylic oxidation sites excluding steroid dienone is 3. The van der Waals surface area contributed by atoms with Gasteiger partial charge >= 0.3 is 24.7 Å². The van der Waals surface area contributed by atoms with Crippen LogP contribution in [0.4, 0.5) is 26.7 Å². The third-order valence-electron chi connectivity index (χ3n) is 9.00. The van der Waals surface area contributed by atoms with Crippen molar-refractivity contribution < 1.29 is 41.1 Å². The lowest BCUT2D eigenvalue weighted by Crippen LogP contribution is -2.55. The number of carbonyl (C=O) groups excluding carboxylic acids is 3. The van der Waals surface area contributed by atoms with Crippen LogP contribution in [0, 0.1) is 11.3 Å². The van der Waals surface area contributed by atoms with E-state index in [0.717, 1.165) is 17.7 Å². The molecule has 12 nitrogen and oxygen atoms in total. The van der Waals surface area contributed by atoms with Gasteiger partial charge in [-0.2, -0.15) is 32.0 Å². The molecule has 3 aliphatic rings. The molecule has 3 atom stereocenters. The summed E-state index contributed by atoms with van der Waals surface area (Å²) in [6.07, 6.45) is 6.02. The number of alkyl carbamates (subject to hydrolysis) is 1. The molecule has 53 heavy (non-hydrogen) atoms. The molecule has 3 amide bonds. The van der Waals surface area contributed by atoms with Gasteiger partial charge < -0.3 is 20.4 Å². The van der Waals surface area contributed by atoms with E-state index in [-0.39, 0.29) is 29.5 Å². The number of aromatic amines is 1. The Bertz CT molecular complexity index is 1970. The Balaban J connectivity index is 1.45. The van der Waals surface area contributed by atoms with Gasteiger partial charge in [-0.1, -0.05) is 56.7 Å². The first kappa shape index (κ1) is 37.7. The van der Waals surface area contributed by atoms with E-state index in [1.807, 2.05) is 20.8 Å². The zero-order chi connectivity index (χ0) is 38.3. The summed E-state index contributed by atoms with van der Waals surface area (Å²) >= 11 is 6.52. The maximum Gasteiger partial charge on any atom is 0.473 e. The summed E-state index contributed by atoms with van der Waals surface area (Å²) in [6.45, 7) is 2.13. The third kappa shape index (κ3) is 8.29. The zero-order valence-electron chi connectivity index (χ0n) is 28.8. The molecule has 1 saturated carbocycles. The second kappa shape index (κ2) is 14.4. The fraction of sp³-hybridized carbons (Fsp3) is 0.429. The Morgan fingerprint density at radius 2 is 1.96 bits per heavy atom. The number of rotatable bonds is 10. The number of halogens is 6. The second-order valence-corrected chi connectivity index (χ2v) is 14.7. The molecular weight excluding hydrogens is 727 g/mol. The van der Waals surface area contributed by atoms with Crippen molar-refractivity contribution in [2.45, 2.75) is 76.8 Å². The predicted molar refractivity (Wildman–Crippen MR) is 183 cm³/mol. The number of aromatic nitrogens is 4. The number of hydrogen-bond donors (Lipinski definition) is 3. The van der Waals surface area contributed by atoms with Crippen molar-refractivity contribution >= 4 is 41.0 Å². The van der Waals surface area contributed by atoms with Gasteiger partial charge in [0.1, 0.15) is 18.0 Å². The molecule has 2 aromatic heterocycles. The van der Waals surface area contributed by atoms with E-state index in [1.54, 1.807) is 30.5 Å². The molecule has 6 rings (SSSR count). The molecule has 2 aliphatic carbocycles. The minimum Gasteiger partial charge on any atom is -0.447 e. The van der Waals surface area contributed by atoms with Gasteiger partial charge in [-0.15, -0.1) is 0 Å². The first-order valence-corrected chi connectivity index (χ1v) is 17.1. The maximum absolute atomic E-state index is 15.1. The highest BCUT2D eigenvalue weighted by Crippen LogP contribution is 2.44. The van der Waals surface area contributed by atoms with Gasteiger partial charge in [0, 0.05) is 41.7 Å². The van der Waals surface area contributed by atoms with Gasteiger partial charge in [0.05, 0.1) is 17.3 Å². The minimum absolute atomic E-state index is 0.0457. The van der Waals surface area contributed by atoms with Crippen LogP contribution >= 0.6 is 11.6 Å². The molecule has 0 bridgehead atoms. The maximum atomic E-state index is 15.1. The number of hydrogen-bond acceptors (Lipinski definition) is 6. The van der Waals surface area contributed by atoms with Crippen molar-refractivity contribution in [2.24, 2.45) is 16.3 Å². The smallest absolute Gasteiger partial charge is 0.447 e. The Morgan fingerprint density at radius 1 is 1.21 bits per heavy atom. The number of benzene rings is 1. The van der Waals surface area contributed by atoms with E-state index in [4.69, 9.17) is 16.3 Å². The van der Waals surface area contributed by atoms with Crippen LogP contribution in [0.15, 0.2) is 66.2 Å². The number of nitrogens with one attached hydrogen (secondary N) is 3. The molecule has 1 unspecified atom stereocenters. The highest BCUT2D eigenvalue weighted by molar-refractivity contribution is 6.33. The Kier molecular flexibility index (Phi) is 10.2. The largest absolute Gasteiger partial charge is 0.473 e. The first-order chi connectivity index (χ1) is 24.9. The second-order valence-electron chi connectivity index (χ2n) is 14.3. The summed E-state index contributed by atoms with van der Waals surface area (Å²) in [6, 6.07) is 3.19. The molecular formula is C35H36ClF5N8O4. The number of H-pyrrole nitrogens is 1. The van der Waals surface area contributed by atoms with Crippen LogP contribution in [-0.2, 0) is 14.3 Å². The number of nitrogens with zero attached hydrogens (tertiary/aromatic N) is 5. The van der Waals surface area contributed by atoms with Gasteiger partial charge in [0.2, 0.25) is 5.96 Å². The highest BCUT2D eigenvalue weighted by Gasteiger charge is 2.58. The van der Waals surface area contributed by atoms with Crippen molar-refractivity contribution in [3.05, 3.63) is 77.4 Å². The van der Waals surface area contributed by atoms with E-state index < -0.39 is 66.1 Å². The topological polar surface area (TPSA) is 147 Å². The lowest BCUT2D eigenvalue weighted by atomic mass is 9.70. The molecule has 282 valence electrons. The number of guanidine groups is 1. The first-order valence-electron chi connectivity index (χ1n) is 16.7. The molecule has 0 radical (unpaired) electrons. The van der Waals surface area contributed by atoms with Crippen molar-refractivity contribution in [1.82, 2.24) is 35.3 Å². The predicted octanol–water partition coefficient (Wildman–Crippen LogP) is 6.96. The number of ether oxygens (including phenoxy) is 1. The van der Waals surface area contributed by atoms with Crippen molar-refractivity contribution in [1.29, 1.82) is 0 Å². The molecule has 1 aromatic carbocycles. The fourth-order valence-electron chi connectivity index (χ4n) is 6.54. The van der Waals surface area contributed by atoms with Crippen molar-refractivity contribution in [2.75, 3.05) is 6.61 Å².